The maximum atomic E-state index is 11.5. The van der Waals surface area contributed by atoms with E-state index in [-0.39, 0.29) is 24.4 Å². The molecule has 0 amide bonds. The van der Waals surface area contributed by atoms with Crippen molar-refractivity contribution in [2.75, 3.05) is 6.61 Å². The van der Waals surface area contributed by atoms with Gasteiger partial charge in [0.1, 0.15) is 0 Å². The third-order valence-electron chi connectivity index (χ3n) is 3.60. The Labute approximate surface area is 132 Å². The van der Waals surface area contributed by atoms with Crippen molar-refractivity contribution in [2.24, 2.45) is 23.2 Å². The van der Waals surface area contributed by atoms with E-state index in [1.807, 2.05) is 0 Å². The average molecular weight is 318 g/mol. The Morgan fingerprint density at radius 2 is 1.41 bits per heavy atom. The highest BCUT2D eigenvalue weighted by Crippen LogP contribution is 2.31. The van der Waals surface area contributed by atoms with Crippen LogP contribution in [0.2, 0.25) is 0 Å². The Bertz CT molecular complexity index is 375. The summed E-state index contributed by atoms with van der Waals surface area (Å²) in [6, 6.07) is 0. The lowest BCUT2D eigenvalue weighted by molar-refractivity contribution is -0.212. The molecule has 0 aromatic heterocycles. The SMILES string of the molecule is CC(C)C(=O)OCC(C)C(O)C(C)(C)C(O)OC(=O)C(C)C. The van der Waals surface area contributed by atoms with Gasteiger partial charge in [-0.3, -0.25) is 9.59 Å². The number of aliphatic hydroxyl groups excluding tert-OH is 2. The van der Waals surface area contributed by atoms with Gasteiger partial charge in [0.25, 0.3) is 0 Å². The van der Waals surface area contributed by atoms with Gasteiger partial charge < -0.3 is 19.7 Å². The van der Waals surface area contributed by atoms with Crippen LogP contribution in [0, 0.1) is 23.2 Å². The third kappa shape index (κ3) is 5.93. The van der Waals surface area contributed by atoms with Gasteiger partial charge in [0, 0.05) is 5.92 Å². The van der Waals surface area contributed by atoms with Gasteiger partial charge in [0.15, 0.2) is 0 Å². The molecule has 0 heterocycles. The second kappa shape index (κ2) is 8.48. The molecule has 0 aromatic rings. The van der Waals surface area contributed by atoms with Crippen molar-refractivity contribution in [1.82, 2.24) is 0 Å². The van der Waals surface area contributed by atoms with Crippen LogP contribution in [0.15, 0.2) is 0 Å². The lowest BCUT2D eigenvalue weighted by Gasteiger charge is -2.37. The minimum absolute atomic E-state index is 0.0342. The molecule has 0 bridgehead atoms. The first-order chi connectivity index (χ1) is 9.91. The third-order valence-corrected chi connectivity index (χ3v) is 3.60. The molecule has 0 aliphatic carbocycles. The summed E-state index contributed by atoms with van der Waals surface area (Å²) in [4.78, 5) is 23.0. The fourth-order valence-electron chi connectivity index (χ4n) is 1.75. The maximum absolute atomic E-state index is 11.5. The number of aliphatic hydroxyl groups is 2. The zero-order chi connectivity index (χ0) is 17.7. The molecule has 6 nitrogen and oxygen atoms in total. The molecule has 0 saturated carbocycles. The summed E-state index contributed by atoms with van der Waals surface area (Å²) in [6.45, 7) is 11.7. The summed E-state index contributed by atoms with van der Waals surface area (Å²) in [5.74, 6) is -1.90. The van der Waals surface area contributed by atoms with E-state index in [4.69, 9.17) is 9.47 Å². The van der Waals surface area contributed by atoms with Gasteiger partial charge in [0.2, 0.25) is 6.29 Å². The van der Waals surface area contributed by atoms with Crippen LogP contribution < -0.4 is 0 Å². The smallest absolute Gasteiger partial charge is 0.310 e. The van der Waals surface area contributed by atoms with E-state index in [2.05, 4.69) is 0 Å². The lowest BCUT2D eigenvalue weighted by atomic mass is 9.79. The van der Waals surface area contributed by atoms with Crippen molar-refractivity contribution in [1.29, 1.82) is 0 Å². The molecule has 0 aliphatic heterocycles. The zero-order valence-corrected chi connectivity index (χ0v) is 14.6. The summed E-state index contributed by atoms with van der Waals surface area (Å²) in [7, 11) is 0. The minimum Gasteiger partial charge on any atom is -0.465 e. The number of ether oxygens (including phenoxy) is 2. The van der Waals surface area contributed by atoms with E-state index in [0.29, 0.717) is 0 Å². The Morgan fingerprint density at radius 1 is 0.955 bits per heavy atom. The number of rotatable bonds is 8. The summed E-state index contributed by atoms with van der Waals surface area (Å²) in [6.07, 6.45) is -2.46. The highest BCUT2D eigenvalue weighted by Gasteiger charge is 2.41. The molecule has 0 saturated heterocycles. The normalized spacial score (nSPS) is 16.3. The fraction of sp³-hybridized carbons (Fsp3) is 0.875. The van der Waals surface area contributed by atoms with Gasteiger partial charge >= 0.3 is 11.9 Å². The molecule has 0 aromatic carbocycles. The fourth-order valence-corrected chi connectivity index (χ4v) is 1.75. The molecule has 130 valence electrons. The first kappa shape index (κ1) is 20.9. The van der Waals surface area contributed by atoms with Crippen molar-refractivity contribution in [3.63, 3.8) is 0 Å². The average Bonchev–Trinajstić information content (AvgIpc) is 2.42. The molecule has 3 unspecified atom stereocenters. The molecular weight excluding hydrogens is 288 g/mol. The largest absolute Gasteiger partial charge is 0.465 e. The molecule has 0 spiro atoms. The summed E-state index contributed by atoms with van der Waals surface area (Å²) in [5, 5.41) is 20.4. The second-order valence-electron chi connectivity index (χ2n) is 6.97. The van der Waals surface area contributed by atoms with Crippen LogP contribution in [0.25, 0.3) is 0 Å². The topological polar surface area (TPSA) is 93.1 Å². The molecule has 0 rings (SSSR count). The molecule has 3 atom stereocenters. The van der Waals surface area contributed by atoms with Crippen molar-refractivity contribution in [3.8, 4) is 0 Å². The van der Waals surface area contributed by atoms with Crippen LogP contribution in [0.5, 0.6) is 0 Å². The lowest BCUT2D eigenvalue weighted by Crippen LogP contribution is -2.47. The van der Waals surface area contributed by atoms with Gasteiger partial charge in [0.05, 0.1) is 30.0 Å². The second-order valence-corrected chi connectivity index (χ2v) is 6.97. The summed E-state index contributed by atoms with van der Waals surface area (Å²) >= 11 is 0. The number of carbonyl (C=O) groups is 2. The van der Waals surface area contributed by atoms with Crippen molar-refractivity contribution >= 4 is 11.9 Å². The highest BCUT2D eigenvalue weighted by atomic mass is 16.6. The van der Waals surface area contributed by atoms with Crippen LogP contribution in [-0.2, 0) is 19.1 Å². The number of hydrogen-bond donors (Lipinski definition) is 2. The predicted octanol–water partition coefficient (Wildman–Crippen LogP) is 1.73. The van der Waals surface area contributed by atoms with Crippen LogP contribution in [0.4, 0.5) is 0 Å². The van der Waals surface area contributed by atoms with E-state index in [1.54, 1.807) is 48.5 Å². The van der Waals surface area contributed by atoms with Crippen LogP contribution in [-0.4, -0.2) is 41.2 Å². The number of esters is 2. The summed E-state index contributed by atoms with van der Waals surface area (Å²) in [5.41, 5.74) is -1.09. The van der Waals surface area contributed by atoms with Gasteiger partial charge in [-0.25, -0.2) is 0 Å². The Hall–Kier alpha value is -1.14. The van der Waals surface area contributed by atoms with E-state index in [0.717, 1.165) is 0 Å². The quantitative estimate of drug-likeness (QED) is 0.523. The Balaban J connectivity index is 4.67. The monoisotopic (exact) mass is 318 g/mol. The standard InChI is InChI=1S/C16H30O6/c1-9(2)13(18)21-8-11(5)12(17)16(6,7)15(20)22-14(19)10(3)4/h9-12,15,17,20H,8H2,1-7H3. The van der Waals surface area contributed by atoms with Crippen molar-refractivity contribution in [2.45, 2.75) is 60.9 Å². The minimum atomic E-state index is -1.44. The van der Waals surface area contributed by atoms with Gasteiger partial charge in [-0.15, -0.1) is 0 Å². The molecule has 6 heteroatoms. The molecule has 0 aliphatic rings. The number of hydrogen-bond acceptors (Lipinski definition) is 6. The molecule has 0 fully saturated rings. The molecule has 2 N–H and O–H groups in total. The molecule has 22 heavy (non-hydrogen) atoms. The van der Waals surface area contributed by atoms with Crippen LogP contribution in [0.1, 0.15) is 48.5 Å². The molecular formula is C16H30O6. The molecule has 0 radical (unpaired) electrons. The van der Waals surface area contributed by atoms with E-state index in [1.165, 1.54) is 0 Å². The van der Waals surface area contributed by atoms with E-state index >= 15 is 0 Å². The predicted molar refractivity (Wildman–Crippen MR) is 81.7 cm³/mol. The van der Waals surface area contributed by atoms with Crippen LogP contribution >= 0.6 is 0 Å². The Kier molecular flexibility index (Phi) is 8.04. The summed E-state index contributed by atoms with van der Waals surface area (Å²) < 4.78 is 10.1. The first-order valence-corrected chi connectivity index (χ1v) is 7.64. The van der Waals surface area contributed by atoms with Crippen LogP contribution in [0.3, 0.4) is 0 Å². The van der Waals surface area contributed by atoms with Crippen molar-refractivity contribution < 1.29 is 29.3 Å². The van der Waals surface area contributed by atoms with Gasteiger partial charge in [-0.05, 0) is 0 Å². The highest BCUT2D eigenvalue weighted by molar-refractivity contribution is 5.71. The number of carbonyl (C=O) groups excluding carboxylic acids is 2. The Morgan fingerprint density at radius 3 is 1.82 bits per heavy atom. The first-order valence-electron chi connectivity index (χ1n) is 7.64. The van der Waals surface area contributed by atoms with E-state index < -0.39 is 29.7 Å². The van der Waals surface area contributed by atoms with Gasteiger partial charge in [-0.2, -0.15) is 0 Å². The van der Waals surface area contributed by atoms with Gasteiger partial charge in [-0.1, -0.05) is 48.5 Å². The van der Waals surface area contributed by atoms with Crippen molar-refractivity contribution in [3.05, 3.63) is 0 Å². The maximum Gasteiger partial charge on any atom is 0.310 e. The van der Waals surface area contributed by atoms with E-state index in [9.17, 15) is 19.8 Å². The zero-order valence-electron chi connectivity index (χ0n) is 14.6.